The maximum atomic E-state index is 10.7. The van der Waals surface area contributed by atoms with Crippen LogP contribution < -0.4 is 10.6 Å². The standard InChI is InChI=1S/C6H7N2O3S/c7-11-12(9,10)8-6-4-2-1-3-5-6/h1-5H,7H2. The number of rotatable bonds is 3. The van der Waals surface area contributed by atoms with Gasteiger partial charge in [0.25, 0.3) is 0 Å². The number of nitrogens with zero attached hydrogens (tertiary/aromatic N) is 1. The van der Waals surface area contributed by atoms with Gasteiger partial charge in [-0.1, -0.05) is 18.2 Å². The summed E-state index contributed by atoms with van der Waals surface area (Å²) in [6, 6.07) is 8.11. The molecule has 12 heavy (non-hydrogen) atoms. The second-order valence-electron chi connectivity index (χ2n) is 1.95. The first-order chi connectivity index (χ1) is 5.64. The summed E-state index contributed by atoms with van der Waals surface area (Å²) in [7, 11) is -3.97. The topological polar surface area (TPSA) is 83.5 Å². The van der Waals surface area contributed by atoms with Gasteiger partial charge in [0.15, 0.2) is 0 Å². The van der Waals surface area contributed by atoms with Gasteiger partial charge in [0, 0.05) is 0 Å². The lowest BCUT2D eigenvalue weighted by molar-refractivity contribution is 0.328. The Kier molecular flexibility index (Phi) is 2.64. The van der Waals surface area contributed by atoms with Crippen LogP contribution in [0.15, 0.2) is 30.3 Å². The molecule has 5 nitrogen and oxygen atoms in total. The largest absolute Gasteiger partial charge is 0.397 e. The fourth-order valence-corrected chi connectivity index (χ4v) is 1.06. The Bertz CT molecular complexity index is 335. The van der Waals surface area contributed by atoms with Crippen LogP contribution in [0.2, 0.25) is 0 Å². The fraction of sp³-hybridized carbons (Fsp3) is 0. The van der Waals surface area contributed by atoms with Gasteiger partial charge >= 0.3 is 10.3 Å². The highest BCUT2D eigenvalue weighted by Crippen LogP contribution is 2.07. The molecular formula is C6H7N2O3S. The van der Waals surface area contributed by atoms with Crippen LogP contribution in [0.5, 0.6) is 0 Å². The third-order valence-electron chi connectivity index (χ3n) is 1.10. The summed E-state index contributed by atoms with van der Waals surface area (Å²) >= 11 is 0. The van der Waals surface area contributed by atoms with E-state index in [9.17, 15) is 8.42 Å². The minimum Gasteiger partial charge on any atom is -0.196 e. The molecule has 1 aromatic carbocycles. The van der Waals surface area contributed by atoms with Crippen molar-refractivity contribution < 1.29 is 12.7 Å². The second-order valence-corrected chi connectivity index (χ2v) is 3.18. The normalized spacial score (nSPS) is 11.1. The van der Waals surface area contributed by atoms with Crippen LogP contribution >= 0.6 is 0 Å². The van der Waals surface area contributed by atoms with E-state index in [0.29, 0.717) is 0 Å². The van der Waals surface area contributed by atoms with Crippen LogP contribution in [0.25, 0.3) is 0 Å². The predicted molar refractivity (Wildman–Crippen MR) is 42.4 cm³/mol. The van der Waals surface area contributed by atoms with Crippen molar-refractivity contribution in [3.63, 3.8) is 0 Å². The van der Waals surface area contributed by atoms with Gasteiger partial charge < -0.3 is 0 Å². The van der Waals surface area contributed by atoms with Crippen molar-refractivity contribution in [3.05, 3.63) is 30.3 Å². The Morgan fingerprint density at radius 2 is 1.83 bits per heavy atom. The Morgan fingerprint density at radius 3 is 2.33 bits per heavy atom. The minimum absolute atomic E-state index is 0.281. The molecule has 1 aromatic rings. The number of hydrogen-bond acceptors (Lipinski definition) is 4. The maximum absolute atomic E-state index is 10.7. The minimum atomic E-state index is -3.97. The summed E-state index contributed by atoms with van der Waals surface area (Å²) in [5.74, 6) is 4.47. The van der Waals surface area contributed by atoms with Gasteiger partial charge in [-0.3, -0.25) is 0 Å². The van der Waals surface area contributed by atoms with Crippen molar-refractivity contribution in [2.24, 2.45) is 5.90 Å². The molecule has 0 heterocycles. The number of hydrogen-bond donors (Lipinski definition) is 1. The molecule has 0 aliphatic rings. The highest BCUT2D eigenvalue weighted by Gasteiger charge is 2.10. The van der Waals surface area contributed by atoms with Crippen LogP contribution in [0.1, 0.15) is 0 Å². The van der Waals surface area contributed by atoms with Crippen molar-refractivity contribution >= 4 is 16.0 Å². The number of benzene rings is 1. The highest BCUT2D eigenvalue weighted by atomic mass is 32.2. The lowest BCUT2D eigenvalue weighted by Gasteiger charge is -1.99. The zero-order valence-corrected chi connectivity index (χ0v) is 6.86. The van der Waals surface area contributed by atoms with Gasteiger partial charge in [-0.2, -0.15) is 18.6 Å². The van der Waals surface area contributed by atoms with E-state index in [2.05, 4.69) is 14.9 Å². The molecule has 6 heteroatoms. The van der Waals surface area contributed by atoms with Gasteiger partial charge in [-0.15, -0.1) is 4.72 Å². The van der Waals surface area contributed by atoms with Crippen LogP contribution in [0.3, 0.4) is 0 Å². The summed E-state index contributed by atoms with van der Waals surface area (Å²) in [6.45, 7) is 0. The Morgan fingerprint density at radius 1 is 1.25 bits per heavy atom. The van der Waals surface area contributed by atoms with E-state index in [1.807, 2.05) is 0 Å². The maximum Gasteiger partial charge on any atom is 0.397 e. The van der Waals surface area contributed by atoms with Crippen LogP contribution in [0.4, 0.5) is 5.69 Å². The summed E-state index contributed by atoms with van der Waals surface area (Å²) in [4.78, 5) is 0. The lowest BCUT2D eigenvalue weighted by Crippen LogP contribution is -2.18. The van der Waals surface area contributed by atoms with E-state index in [-0.39, 0.29) is 5.69 Å². The molecule has 0 bridgehead atoms. The third-order valence-corrected chi connectivity index (χ3v) is 1.77. The van der Waals surface area contributed by atoms with Crippen molar-refractivity contribution in [2.75, 3.05) is 0 Å². The lowest BCUT2D eigenvalue weighted by atomic mass is 10.3. The highest BCUT2D eigenvalue weighted by molar-refractivity contribution is 7.84. The number of nitrogens with two attached hydrogens (primary N) is 1. The first-order valence-corrected chi connectivity index (χ1v) is 4.42. The van der Waals surface area contributed by atoms with E-state index >= 15 is 0 Å². The molecule has 0 fully saturated rings. The summed E-state index contributed by atoms with van der Waals surface area (Å²) in [6.07, 6.45) is 0. The molecule has 0 atom stereocenters. The molecule has 0 aromatic heterocycles. The van der Waals surface area contributed by atoms with E-state index in [4.69, 9.17) is 0 Å². The molecule has 0 saturated heterocycles. The van der Waals surface area contributed by atoms with Crippen LogP contribution in [-0.2, 0) is 14.6 Å². The monoisotopic (exact) mass is 187 g/mol. The Hall–Kier alpha value is -1.11. The van der Waals surface area contributed by atoms with Gasteiger partial charge in [-0.05, 0) is 12.1 Å². The van der Waals surface area contributed by atoms with E-state index in [0.717, 1.165) is 0 Å². The van der Waals surface area contributed by atoms with Gasteiger partial charge in [-0.25, -0.2) is 0 Å². The molecule has 0 aliphatic heterocycles. The molecule has 0 aliphatic carbocycles. The van der Waals surface area contributed by atoms with E-state index in [1.54, 1.807) is 18.2 Å². The molecule has 2 N–H and O–H groups in total. The van der Waals surface area contributed by atoms with Crippen LogP contribution in [-0.4, -0.2) is 8.42 Å². The molecule has 1 rings (SSSR count). The molecule has 0 unspecified atom stereocenters. The smallest absolute Gasteiger partial charge is 0.196 e. The molecule has 0 spiro atoms. The molecular weight excluding hydrogens is 180 g/mol. The zero-order chi connectivity index (χ0) is 9.03. The van der Waals surface area contributed by atoms with Gasteiger partial charge in [0.2, 0.25) is 0 Å². The average Bonchev–Trinajstić information content (AvgIpc) is 2.06. The van der Waals surface area contributed by atoms with Crippen LogP contribution in [0, 0.1) is 0 Å². The summed E-state index contributed by atoms with van der Waals surface area (Å²) in [5, 5.41) is 0. The average molecular weight is 187 g/mol. The van der Waals surface area contributed by atoms with E-state index < -0.39 is 10.3 Å². The van der Waals surface area contributed by atoms with Gasteiger partial charge in [0.05, 0.1) is 5.69 Å². The third kappa shape index (κ3) is 2.50. The fourth-order valence-electron chi connectivity index (χ4n) is 0.639. The molecule has 1 radical (unpaired) electrons. The summed E-state index contributed by atoms with van der Waals surface area (Å²) in [5.41, 5.74) is 0.281. The van der Waals surface area contributed by atoms with Crippen molar-refractivity contribution in [3.8, 4) is 0 Å². The van der Waals surface area contributed by atoms with Crippen molar-refractivity contribution in [1.29, 1.82) is 0 Å². The van der Waals surface area contributed by atoms with Gasteiger partial charge in [0.1, 0.15) is 0 Å². The molecule has 65 valence electrons. The second kappa shape index (κ2) is 3.53. The van der Waals surface area contributed by atoms with Crippen molar-refractivity contribution in [1.82, 2.24) is 4.72 Å². The Labute approximate surface area is 70.4 Å². The quantitative estimate of drug-likeness (QED) is 0.678. The molecule has 0 saturated carbocycles. The predicted octanol–water partition coefficient (Wildman–Crippen LogP) is 0.0576. The molecule has 0 amide bonds. The SMILES string of the molecule is NOS(=O)(=O)[N]c1ccccc1. The first kappa shape index (κ1) is 8.98. The zero-order valence-electron chi connectivity index (χ0n) is 6.04. The Balaban J connectivity index is 2.78. The van der Waals surface area contributed by atoms with Crippen molar-refractivity contribution in [2.45, 2.75) is 0 Å². The first-order valence-electron chi connectivity index (χ1n) is 3.05. The summed E-state index contributed by atoms with van der Waals surface area (Å²) < 4.78 is 28.2. The van der Waals surface area contributed by atoms with E-state index in [1.165, 1.54) is 12.1 Å².